The Bertz CT molecular complexity index is 544. The van der Waals surface area contributed by atoms with Crippen LogP contribution in [0.25, 0.3) is 0 Å². The van der Waals surface area contributed by atoms with Crippen molar-refractivity contribution >= 4 is 11.8 Å². The van der Waals surface area contributed by atoms with Crippen LogP contribution in [0.5, 0.6) is 0 Å². The zero-order valence-electron chi connectivity index (χ0n) is 11.6. The van der Waals surface area contributed by atoms with Crippen molar-refractivity contribution < 1.29 is 9.59 Å². The number of rotatable bonds is 2. The molecular formula is C15H19N3O2. The number of nitrogens with zero attached hydrogens (tertiary/aromatic N) is 2. The van der Waals surface area contributed by atoms with Crippen molar-refractivity contribution in [3.05, 3.63) is 35.4 Å². The van der Waals surface area contributed by atoms with Gasteiger partial charge in [0.15, 0.2) is 0 Å². The van der Waals surface area contributed by atoms with Crippen molar-refractivity contribution in [2.45, 2.75) is 19.5 Å². The van der Waals surface area contributed by atoms with E-state index in [9.17, 15) is 9.59 Å². The van der Waals surface area contributed by atoms with Crippen molar-refractivity contribution in [1.82, 2.24) is 15.1 Å². The lowest BCUT2D eigenvalue weighted by molar-refractivity contribution is -0.160. The van der Waals surface area contributed by atoms with Crippen LogP contribution in [0.4, 0.5) is 0 Å². The number of hydrogen-bond acceptors (Lipinski definition) is 3. The molecule has 0 spiro atoms. The minimum Gasteiger partial charge on any atom is -0.328 e. The Kier molecular flexibility index (Phi) is 3.44. The molecule has 1 aromatic rings. The van der Waals surface area contributed by atoms with Gasteiger partial charge in [0.2, 0.25) is 0 Å². The molecule has 106 valence electrons. The first-order valence-electron chi connectivity index (χ1n) is 7.02. The molecule has 2 aliphatic heterocycles. The monoisotopic (exact) mass is 273 g/mol. The molecular weight excluding hydrogens is 254 g/mol. The Morgan fingerprint density at radius 3 is 2.85 bits per heavy atom. The molecule has 0 aromatic heterocycles. The van der Waals surface area contributed by atoms with Gasteiger partial charge in [-0.15, -0.1) is 0 Å². The van der Waals surface area contributed by atoms with Crippen LogP contribution in [0.1, 0.15) is 11.1 Å². The summed E-state index contributed by atoms with van der Waals surface area (Å²) in [7, 11) is 0. The van der Waals surface area contributed by atoms with Crippen molar-refractivity contribution in [3.63, 3.8) is 0 Å². The summed E-state index contributed by atoms with van der Waals surface area (Å²) < 4.78 is 0. The second kappa shape index (κ2) is 5.25. The minimum atomic E-state index is -0.369. The molecule has 0 bridgehead atoms. The van der Waals surface area contributed by atoms with Gasteiger partial charge in [0.25, 0.3) is 0 Å². The molecule has 0 saturated carbocycles. The summed E-state index contributed by atoms with van der Waals surface area (Å²) in [6, 6.07) is 8.10. The van der Waals surface area contributed by atoms with Gasteiger partial charge in [-0.1, -0.05) is 24.3 Å². The van der Waals surface area contributed by atoms with Gasteiger partial charge in [0.1, 0.15) is 0 Å². The van der Waals surface area contributed by atoms with Gasteiger partial charge in [-0.2, -0.15) is 0 Å². The molecule has 2 heterocycles. The molecule has 1 N–H and O–H groups in total. The van der Waals surface area contributed by atoms with E-state index in [1.54, 1.807) is 9.80 Å². The molecule has 20 heavy (non-hydrogen) atoms. The van der Waals surface area contributed by atoms with E-state index in [2.05, 4.69) is 5.32 Å². The SMILES string of the molecule is Cc1ccccc1CN1CC2CNCCN2C(=O)C1=O. The van der Waals surface area contributed by atoms with Crippen LogP contribution in [0.15, 0.2) is 24.3 Å². The Morgan fingerprint density at radius 1 is 1.25 bits per heavy atom. The van der Waals surface area contributed by atoms with Gasteiger partial charge in [-0.25, -0.2) is 0 Å². The Balaban J connectivity index is 1.78. The molecule has 5 heteroatoms. The predicted molar refractivity (Wildman–Crippen MR) is 75.0 cm³/mol. The standard InChI is InChI=1S/C15H19N3O2/c1-11-4-2-3-5-12(11)9-17-10-13-8-16-6-7-18(13)15(20)14(17)19/h2-5,13,16H,6-10H2,1H3. The fraction of sp³-hybridized carbons (Fsp3) is 0.467. The lowest BCUT2D eigenvalue weighted by atomic mass is 10.1. The first-order chi connectivity index (χ1) is 9.66. The van der Waals surface area contributed by atoms with E-state index in [0.717, 1.165) is 24.2 Å². The topological polar surface area (TPSA) is 52.6 Å². The molecule has 2 amide bonds. The van der Waals surface area contributed by atoms with Crippen molar-refractivity contribution in [2.24, 2.45) is 0 Å². The molecule has 2 fully saturated rings. The number of nitrogens with one attached hydrogen (secondary N) is 1. The minimum absolute atomic E-state index is 0.109. The molecule has 0 aliphatic carbocycles. The van der Waals surface area contributed by atoms with Crippen LogP contribution in [0.2, 0.25) is 0 Å². The first-order valence-corrected chi connectivity index (χ1v) is 7.02. The molecule has 3 rings (SSSR count). The van der Waals surface area contributed by atoms with Gasteiger partial charge >= 0.3 is 11.8 Å². The second-order valence-corrected chi connectivity index (χ2v) is 5.47. The number of amides is 2. The molecule has 0 radical (unpaired) electrons. The maximum atomic E-state index is 12.2. The fourth-order valence-electron chi connectivity index (χ4n) is 2.92. The summed E-state index contributed by atoms with van der Waals surface area (Å²) >= 11 is 0. The summed E-state index contributed by atoms with van der Waals surface area (Å²) in [4.78, 5) is 27.8. The predicted octanol–water partition coefficient (Wildman–Crippen LogP) is 0.138. The maximum Gasteiger partial charge on any atom is 0.312 e. The largest absolute Gasteiger partial charge is 0.328 e. The highest BCUT2D eigenvalue weighted by Crippen LogP contribution is 2.18. The Hall–Kier alpha value is -1.88. The van der Waals surface area contributed by atoms with Crippen LogP contribution in [-0.2, 0) is 16.1 Å². The summed E-state index contributed by atoms with van der Waals surface area (Å²) in [5.41, 5.74) is 2.25. The summed E-state index contributed by atoms with van der Waals surface area (Å²) in [5, 5.41) is 3.28. The van der Waals surface area contributed by atoms with E-state index in [0.29, 0.717) is 19.6 Å². The van der Waals surface area contributed by atoms with Crippen LogP contribution in [-0.4, -0.2) is 53.8 Å². The van der Waals surface area contributed by atoms with Crippen molar-refractivity contribution in [2.75, 3.05) is 26.2 Å². The van der Waals surface area contributed by atoms with Crippen molar-refractivity contribution in [3.8, 4) is 0 Å². The lowest BCUT2D eigenvalue weighted by Gasteiger charge is -2.43. The summed E-state index contributed by atoms with van der Waals surface area (Å²) in [6.45, 7) is 5.33. The van der Waals surface area contributed by atoms with Crippen LogP contribution < -0.4 is 5.32 Å². The van der Waals surface area contributed by atoms with Gasteiger partial charge in [0.05, 0.1) is 6.04 Å². The Labute approximate surface area is 118 Å². The van der Waals surface area contributed by atoms with E-state index in [-0.39, 0.29) is 17.9 Å². The Morgan fingerprint density at radius 2 is 2.05 bits per heavy atom. The van der Waals surface area contributed by atoms with E-state index < -0.39 is 0 Å². The van der Waals surface area contributed by atoms with E-state index >= 15 is 0 Å². The van der Waals surface area contributed by atoms with Crippen LogP contribution in [0, 0.1) is 6.92 Å². The normalized spacial score (nSPS) is 22.9. The fourth-order valence-corrected chi connectivity index (χ4v) is 2.92. The number of benzene rings is 1. The highest BCUT2D eigenvalue weighted by molar-refractivity contribution is 6.35. The second-order valence-electron chi connectivity index (χ2n) is 5.47. The smallest absolute Gasteiger partial charge is 0.312 e. The average Bonchev–Trinajstić information content (AvgIpc) is 2.47. The zero-order valence-corrected chi connectivity index (χ0v) is 11.6. The van der Waals surface area contributed by atoms with Crippen LogP contribution in [0.3, 0.4) is 0 Å². The third-order valence-corrected chi connectivity index (χ3v) is 4.13. The summed E-state index contributed by atoms with van der Waals surface area (Å²) in [5.74, 6) is -0.720. The van der Waals surface area contributed by atoms with E-state index in [1.807, 2.05) is 31.2 Å². The number of fused-ring (bicyclic) bond motifs is 1. The number of hydrogen-bond donors (Lipinski definition) is 1. The molecule has 2 aliphatic rings. The van der Waals surface area contributed by atoms with Gasteiger partial charge in [-0.3, -0.25) is 9.59 Å². The van der Waals surface area contributed by atoms with Gasteiger partial charge < -0.3 is 15.1 Å². The lowest BCUT2D eigenvalue weighted by Crippen LogP contribution is -2.65. The zero-order chi connectivity index (χ0) is 14.1. The molecule has 5 nitrogen and oxygen atoms in total. The highest BCUT2D eigenvalue weighted by atomic mass is 16.2. The molecule has 2 saturated heterocycles. The number of piperazine rings is 2. The van der Waals surface area contributed by atoms with E-state index in [4.69, 9.17) is 0 Å². The van der Waals surface area contributed by atoms with Crippen LogP contribution >= 0.6 is 0 Å². The number of aryl methyl sites for hydroxylation is 1. The molecule has 1 atom stereocenters. The first kappa shape index (κ1) is 13.1. The molecule has 1 unspecified atom stereocenters. The van der Waals surface area contributed by atoms with Gasteiger partial charge in [-0.05, 0) is 18.1 Å². The van der Waals surface area contributed by atoms with E-state index in [1.165, 1.54) is 0 Å². The third kappa shape index (κ3) is 2.29. The van der Waals surface area contributed by atoms with Crippen molar-refractivity contribution in [1.29, 1.82) is 0 Å². The molecule has 1 aromatic carbocycles. The number of carbonyl (C=O) groups is 2. The number of carbonyl (C=O) groups excluding carboxylic acids is 2. The summed E-state index contributed by atoms with van der Waals surface area (Å²) in [6.07, 6.45) is 0. The van der Waals surface area contributed by atoms with Gasteiger partial charge in [0, 0.05) is 32.7 Å². The maximum absolute atomic E-state index is 12.2. The quantitative estimate of drug-likeness (QED) is 0.780. The average molecular weight is 273 g/mol. The third-order valence-electron chi connectivity index (χ3n) is 4.13. The highest BCUT2D eigenvalue weighted by Gasteiger charge is 2.39.